The second-order valence-corrected chi connectivity index (χ2v) is 21.4. The lowest BCUT2D eigenvalue weighted by Gasteiger charge is -2.11. The Balaban J connectivity index is 0.790. The zero-order valence-electron chi connectivity index (χ0n) is 44.3. The lowest BCUT2D eigenvalue weighted by molar-refractivity contribution is 0.668. The summed E-state index contributed by atoms with van der Waals surface area (Å²) < 4.78 is 24.9. The molecule has 386 valence electrons. The van der Waals surface area contributed by atoms with Crippen LogP contribution in [0.3, 0.4) is 0 Å². The van der Waals surface area contributed by atoms with Gasteiger partial charge in [-0.25, -0.2) is 15.0 Å². The van der Waals surface area contributed by atoms with Gasteiger partial charge >= 0.3 is 0 Å². The number of furan rings is 3. The van der Waals surface area contributed by atoms with Crippen molar-refractivity contribution < 1.29 is 13.3 Å². The third-order valence-corrected chi connectivity index (χ3v) is 16.8. The van der Waals surface area contributed by atoms with E-state index in [2.05, 4.69) is 215 Å². The lowest BCUT2D eigenvalue weighted by Crippen LogP contribution is -2.00. The number of benzene rings is 12. The van der Waals surface area contributed by atoms with Gasteiger partial charge in [0.15, 0.2) is 17.5 Å². The number of para-hydroxylation sites is 5. The fourth-order valence-corrected chi connectivity index (χ4v) is 13.0. The van der Waals surface area contributed by atoms with E-state index in [0.29, 0.717) is 17.5 Å². The molecule has 18 rings (SSSR count). The van der Waals surface area contributed by atoms with Crippen LogP contribution in [0, 0.1) is 0 Å². The van der Waals surface area contributed by atoms with Crippen LogP contribution in [0.15, 0.2) is 274 Å². The minimum atomic E-state index is 0.529. The Kier molecular flexibility index (Phi) is 9.64. The van der Waals surface area contributed by atoms with Crippen molar-refractivity contribution in [2.75, 3.05) is 0 Å². The Hall–Kier alpha value is -11.4. The molecule has 0 radical (unpaired) electrons. The van der Waals surface area contributed by atoms with E-state index in [1.54, 1.807) is 0 Å². The van der Waals surface area contributed by atoms with Crippen molar-refractivity contribution in [3.8, 4) is 67.8 Å². The zero-order valence-corrected chi connectivity index (χ0v) is 44.3. The van der Waals surface area contributed by atoms with Gasteiger partial charge in [-0.1, -0.05) is 158 Å². The van der Waals surface area contributed by atoms with E-state index in [1.165, 1.54) is 27.1 Å². The molecular formula is C75H43N5O3. The van der Waals surface area contributed by atoms with Gasteiger partial charge in [-0.05, 0) is 119 Å². The maximum atomic E-state index is 6.77. The second kappa shape index (κ2) is 17.6. The average Bonchev–Trinajstić information content (AvgIpc) is 4.10. The van der Waals surface area contributed by atoms with Crippen molar-refractivity contribution in [3.05, 3.63) is 261 Å². The molecule has 0 atom stereocenters. The van der Waals surface area contributed by atoms with Crippen LogP contribution >= 0.6 is 0 Å². The molecule has 0 amide bonds. The SMILES string of the molecule is c1ccc(-c2nc(-c3ccc4c(c3)oc3cc(-n5c6ccccc6c6ccccc65)ccc34)nc(-c3cccc4oc5ccc(-c6cc(-c7ccc8c9ccccc9n(-c9ccccc9)c8c7)cc7oc8ccccc8c67)cc5c34)n2)cc1. The number of fused-ring (bicyclic) bond motifs is 15. The van der Waals surface area contributed by atoms with E-state index in [0.717, 1.165) is 133 Å². The van der Waals surface area contributed by atoms with Gasteiger partial charge in [0.05, 0.1) is 22.1 Å². The second-order valence-electron chi connectivity index (χ2n) is 21.4. The van der Waals surface area contributed by atoms with E-state index in [4.69, 9.17) is 28.2 Å². The Morgan fingerprint density at radius 1 is 0.229 bits per heavy atom. The van der Waals surface area contributed by atoms with E-state index in [-0.39, 0.29) is 0 Å². The first-order chi connectivity index (χ1) is 41.1. The summed E-state index contributed by atoms with van der Waals surface area (Å²) in [6.45, 7) is 0. The average molecular weight is 1060 g/mol. The number of hydrogen-bond donors (Lipinski definition) is 0. The highest BCUT2D eigenvalue weighted by Crippen LogP contribution is 2.45. The standard InChI is InChI=1S/C75H43N5O3/c1-3-16-44(17-4-1)73-76-74(47-31-35-55-56-36-33-50(43-69(56)83-68(55)41-47)80-62-26-12-7-20-51(62)52-21-8-13-27-63(52)80)78-75(77-73)58-24-15-29-67-72(58)60-38-46(32-37-66(60)81-67)59-39-48(42-70-71(59)57-23-10-14-28-65(57)82-70)45-30-34-54-53-22-9-11-25-61(53)79(64(54)40-45)49-18-5-2-6-19-49/h1-43H. The molecule has 8 nitrogen and oxygen atoms in total. The van der Waals surface area contributed by atoms with Crippen LogP contribution < -0.4 is 0 Å². The van der Waals surface area contributed by atoms with Crippen LogP contribution in [-0.4, -0.2) is 24.1 Å². The zero-order chi connectivity index (χ0) is 54.3. The summed E-state index contributed by atoms with van der Waals surface area (Å²) in [5.74, 6) is 1.62. The molecule has 0 fully saturated rings. The molecule has 8 heteroatoms. The predicted molar refractivity (Wildman–Crippen MR) is 338 cm³/mol. The van der Waals surface area contributed by atoms with E-state index in [9.17, 15) is 0 Å². The molecule has 0 saturated heterocycles. The van der Waals surface area contributed by atoms with Crippen molar-refractivity contribution >= 4 is 109 Å². The summed E-state index contributed by atoms with van der Waals surface area (Å²) in [6, 6.07) is 91.5. The van der Waals surface area contributed by atoms with Crippen LogP contribution in [0.2, 0.25) is 0 Å². The molecular weight excluding hydrogens is 1020 g/mol. The van der Waals surface area contributed by atoms with Crippen LogP contribution in [0.25, 0.3) is 177 Å². The number of aromatic nitrogens is 5. The summed E-state index contributed by atoms with van der Waals surface area (Å²) in [6.07, 6.45) is 0. The molecule has 0 aliphatic heterocycles. The molecule has 0 spiro atoms. The predicted octanol–water partition coefficient (Wildman–Crippen LogP) is 20.1. The highest BCUT2D eigenvalue weighted by Gasteiger charge is 2.23. The van der Waals surface area contributed by atoms with Crippen LogP contribution in [-0.2, 0) is 0 Å². The van der Waals surface area contributed by atoms with Gasteiger partial charge in [-0.2, -0.15) is 0 Å². The quantitative estimate of drug-likeness (QED) is 0.158. The van der Waals surface area contributed by atoms with Gasteiger partial charge in [0.25, 0.3) is 0 Å². The van der Waals surface area contributed by atoms with Crippen molar-refractivity contribution in [1.29, 1.82) is 0 Å². The minimum Gasteiger partial charge on any atom is -0.456 e. The van der Waals surface area contributed by atoms with Crippen LogP contribution in [0.1, 0.15) is 0 Å². The smallest absolute Gasteiger partial charge is 0.164 e. The Morgan fingerprint density at radius 3 is 1.51 bits per heavy atom. The fourth-order valence-electron chi connectivity index (χ4n) is 13.0. The largest absolute Gasteiger partial charge is 0.456 e. The van der Waals surface area contributed by atoms with Crippen molar-refractivity contribution in [1.82, 2.24) is 24.1 Å². The first-order valence-electron chi connectivity index (χ1n) is 27.9. The maximum absolute atomic E-state index is 6.77. The summed E-state index contributed by atoms with van der Waals surface area (Å²) in [5, 5.41) is 10.9. The third-order valence-electron chi connectivity index (χ3n) is 16.8. The van der Waals surface area contributed by atoms with Gasteiger partial charge in [0.1, 0.15) is 33.5 Å². The van der Waals surface area contributed by atoms with E-state index in [1.807, 2.05) is 54.6 Å². The molecule has 12 aromatic carbocycles. The van der Waals surface area contributed by atoms with Gasteiger partial charge in [0, 0.05) is 88.0 Å². The van der Waals surface area contributed by atoms with Crippen molar-refractivity contribution in [2.45, 2.75) is 0 Å². The molecule has 0 unspecified atom stereocenters. The summed E-state index contributed by atoms with van der Waals surface area (Å²) in [7, 11) is 0. The van der Waals surface area contributed by atoms with Crippen molar-refractivity contribution in [3.63, 3.8) is 0 Å². The first-order valence-corrected chi connectivity index (χ1v) is 27.9. The van der Waals surface area contributed by atoms with Gasteiger partial charge < -0.3 is 22.4 Å². The monoisotopic (exact) mass is 1060 g/mol. The Morgan fingerprint density at radius 2 is 0.747 bits per heavy atom. The topological polar surface area (TPSA) is 88.0 Å². The maximum Gasteiger partial charge on any atom is 0.164 e. The highest BCUT2D eigenvalue weighted by atomic mass is 16.3. The molecule has 0 aliphatic carbocycles. The third kappa shape index (κ3) is 6.96. The lowest BCUT2D eigenvalue weighted by atomic mass is 9.93. The molecule has 0 N–H and O–H groups in total. The molecule has 0 aliphatic rings. The minimum absolute atomic E-state index is 0.529. The van der Waals surface area contributed by atoms with Gasteiger partial charge in [-0.15, -0.1) is 0 Å². The summed E-state index contributed by atoms with van der Waals surface area (Å²) in [4.78, 5) is 15.8. The fraction of sp³-hybridized carbons (Fsp3) is 0. The molecule has 6 heterocycles. The van der Waals surface area contributed by atoms with E-state index >= 15 is 0 Å². The van der Waals surface area contributed by atoms with Crippen molar-refractivity contribution in [2.24, 2.45) is 0 Å². The van der Waals surface area contributed by atoms with E-state index < -0.39 is 0 Å². The number of hydrogen-bond acceptors (Lipinski definition) is 6. The first kappa shape index (κ1) is 45.5. The molecule has 0 saturated carbocycles. The summed E-state index contributed by atoms with van der Waals surface area (Å²) >= 11 is 0. The Labute approximate surface area is 473 Å². The summed E-state index contributed by atoms with van der Waals surface area (Å²) in [5.41, 5.74) is 18.2. The molecule has 0 bridgehead atoms. The van der Waals surface area contributed by atoms with Gasteiger partial charge in [-0.3, -0.25) is 0 Å². The number of rotatable bonds is 7. The van der Waals surface area contributed by atoms with Gasteiger partial charge in [0.2, 0.25) is 0 Å². The molecule has 6 aromatic heterocycles. The highest BCUT2D eigenvalue weighted by molar-refractivity contribution is 6.18. The van der Waals surface area contributed by atoms with Crippen LogP contribution in [0.5, 0.6) is 0 Å². The van der Waals surface area contributed by atoms with Crippen LogP contribution in [0.4, 0.5) is 0 Å². The number of nitrogens with zero attached hydrogens (tertiary/aromatic N) is 5. The normalized spacial score (nSPS) is 12.1. The Bertz CT molecular complexity index is 5650. The molecule has 18 aromatic rings. The molecule has 83 heavy (non-hydrogen) atoms.